The van der Waals surface area contributed by atoms with Crippen molar-refractivity contribution in [3.63, 3.8) is 0 Å². The van der Waals surface area contributed by atoms with Crippen molar-refractivity contribution in [1.82, 2.24) is 0 Å². The zero-order chi connectivity index (χ0) is 16.2. The van der Waals surface area contributed by atoms with Crippen LogP contribution in [-0.4, -0.2) is 24.9 Å². The van der Waals surface area contributed by atoms with Crippen LogP contribution in [0.5, 0.6) is 11.5 Å². The third kappa shape index (κ3) is 1.98. The highest BCUT2D eigenvalue weighted by Gasteiger charge is 2.67. The average molecular weight is 304 g/mol. The molecule has 0 saturated heterocycles. The van der Waals surface area contributed by atoms with Crippen LogP contribution in [0.2, 0.25) is 0 Å². The predicted molar refractivity (Wildman–Crippen MR) is 87.4 cm³/mol. The molecule has 3 heteroatoms. The lowest BCUT2D eigenvalue weighted by molar-refractivity contribution is -0.0886. The summed E-state index contributed by atoms with van der Waals surface area (Å²) in [7, 11) is 3.32. The summed E-state index contributed by atoms with van der Waals surface area (Å²) < 4.78 is 10.7. The molecule has 1 aromatic rings. The van der Waals surface area contributed by atoms with Gasteiger partial charge in [0.05, 0.1) is 19.8 Å². The molecule has 0 heterocycles. The summed E-state index contributed by atoms with van der Waals surface area (Å²) in [6.45, 7) is 6.93. The molecule has 0 aliphatic heterocycles. The third-order valence-electron chi connectivity index (χ3n) is 6.95. The molecule has 0 spiro atoms. The van der Waals surface area contributed by atoms with Gasteiger partial charge in [-0.2, -0.15) is 0 Å². The number of methoxy groups -OCH3 is 2. The van der Waals surface area contributed by atoms with E-state index in [4.69, 9.17) is 9.47 Å². The Balaban J connectivity index is 1.94. The molecule has 1 N–H and O–H groups in total. The van der Waals surface area contributed by atoms with Crippen molar-refractivity contribution in [1.29, 1.82) is 0 Å². The lowest BCUT2D eigenvalue weighted by Gasteiger charge is -2.45. The average Bonchev–Trinajstić information content (AvgIpc) is 2.78. The Bertz CT molecular complexity index is 558. The van der Waals surface area contributed by atoms with E-state index >= 15 is 0 Å². The second kappa shape index (κ2) is 4.89. The number of hydrogen-bond acceptors (Lipinski definition) is 3. The summed E-state index contributed by atoms with van der Waals surface area (Å²) in [5.41, 5.74) is 0.617. The highest BCUT2D eigenvalue weighted by molar-refractivity contribution is 5.39. The van der Waals surface area contributed by atoms with Crippen LogP contribution in [-0.2, 0) is 6.42 Å². The van der Waals surface area contributed by atoms with Crippen LogP contribution < -0.4 is 9.47 Å². The number of hydrogen-bond donors (Lipinski definition) is 1. The first-order chi connectivity index (χ1) is 10.3. The Labute approximate surface area is 133 Å². The van der Waals surface area contributed by atoms with Crippen molar-refractivity contribution in [2.24, 2.45) is 16.7 Å². The number of fused-ring (bicyclic) bond motifs is 2. The Morgan fingerprint density at radius 1 is 1.09 bits per heavy atom. The molecule has 122 valence electrons. The predicted octanol–water partition coefficient (Wildman–Crippen LogP) is 3.82. The Kier molecular flexibility index (Phi) is 3.48. The SMILES string of the molecule is COc1cc(C[C@@]2(O)C[C@H]3CC[C@]2(C)C3(C)C)cc(OC)c1. The van der Waals surface area contributed by atoms with Gasteiger partial charge in [-0.25, -0.2) is 0 Å². The van der Waals surface area contributed by atoms with E-state index in [0.29, 0.717) is 12.3 Å². The summed E-state index contributed by atoms with van der Waals surface area (Å²) in [4.78, 5) is 0. The molecule has 2 saturated carbocycles. The first kappa shape index (κ1) is 15.7. The van der Waals surface area contributed by atoms with Gasteiger partial charge in [-0.3, -0.25) is 0 Å². The van der Waals surface area contributed by atoms with Gasteiger partial charge in [0.2, 0.25) is 0 Å². The quantitative estimate of drug-likeness (QED) is 0.919. The first-order valence-electron chi connectivity index (χ1n) is 8.20. The Hall–Kier alpha value is -1.22. The van der Waals surface area contributed by atoms with Crippen molar-refractivity contribution >= 4 is 0 Å². The maximum atomic E-state index is 11.5. The summed E-state index contributed by atoms with van der Waals surface area (Å²) in [6.07, 6.45) is 3.92. The molecular formula is C19H28O3. The van der Waals surface area contributed by atoms with Crippen LogP contribution in [0.1, 0.15) is 45.6 Å². The van der Waals surface area contributed by atoms with E-state index in [1.54, 1.807) is 14.2 Å². The zero-order valence-electron chi connectivity index (χ0n) is 14.4. The summed E-state index contributed by atoms with van der Waals surface area (Å²) >= 11 is 0. The summed E-state index contributed by atoms with van der Waals surface area (Å²) in [5.74, 6) is 2.19. The van der Waals surface area contributed by atoms with Crippen molar-refractivity contribution in [2.75, 3.05) is 14.2 Å². The van der Waals surface area contributed by atoms with Gasteiger partial charge in [0, 0.05) is 17.9 Å². The van der Waals surface area contributed by atoms with E-state index in [1.807, 2.05) is 18.2 Å². The lowest BCUT2D eigenvalue weighted by atomic mass is 9.63. The van der Waals surface area contributed by atoms with Gasteiger partial charge in [-0.1, -0.05) is 20.8 Å². The van der Waals surface area contributed by atoms with Crippen molar-refractivity contribution in [3.05, 3.63) is 23.8 Å². The van der Waals surface area contributed by atoms with Gasteiger partial charge in [0.15, 0.2) is 0 Å². The van der Waals surface area contributed by atoms with E-state index in [9.17, 15) is 5.11 Å². The minimum atomic E-state index is -0.642. The van der Waals surface area contributed by atoms with Crippen LogP contribution in [0.4, 0.5) is 0 Å². The van der Waals surface area contributed by atoms with E-state index in [0.717, 1.165) is 29.9 Å². The Morgan fingerprint density at radius 3 is 2.09 bits per heavy atom. The minimum absolute atomic E-state index is 0.0268. The first-order valence-corrected chi connectivity index (χ1v) is 8.20. The van der Waals surface area contributed by atoms with Crippen molar-refractivity contribution in [3.8, 4) is 11.5 Å². The molecule has 0 aromatic heterocycles. The highest BCUT2D eigenvalue weighted by Crippen LogP contribution is 2.70. The molecule has 3 nitrogen and oxygen atoms in total. The van der Waals surface area contributed by atoms with Gasteiger partial charge in [0.25, 0.3) is 0 Å². The van der Waals surface area contributed by atoms with Crippen LogP contribution >= 0.6 is 0 Å². The molecule has 3 rings (SSSR count). The molecule has 2 aliphatic rings. The normalized spacial score (nSPS) is 35.6. The summed E-state index contributed by atoms with van der Waals surface area (Å²) in [6, 6.07) is 5.91. The second-order valence-electron chi connectivity index (χ2n) is 7.92. The smallest absolute Gasteiger partial charge is 0.122 e. The third-order valence-corrected chi connectivity index (χ3v) is 6.95. The molecule has 3 atom stereocenters. The van der Waals surface area contributed by atoms with E-state index in [1.165, 1.54) is 6.42 Å². The minimum Gasteiger partial charge on any atom is -0.497 e. The topological polar surface area (TPSA) is 38.7 Å². The fourth-order valence-electron chi connectivity index (χ4n) is 4.99. The molecule has 0 unspecified atom stereocenters. The fourth-order valence-corrected chi connectivity index (χ4v) is 4.99. The van der Waals surface area contributed by atoms with Crippen LogP contribution in [0.25, 0.3) is 0 Å². The van der Waals surface area contributed by atoms with E-state index in [2.05, 4.69) is 20.8 Å². The molecule has 22 heavy (non-hydrogen) atoms. The standard InChI is InChI=1S/C19H28O3/c1-17(2)14-6-7-18(17,3)19(20,12-14)11-13-8-15(21-4)10-16(9-13)22-5/h8-10,14,20H,6-7,11-12H2,1-5H3/t14-,18-,19-/m1/s1. The van der Waals surface area contributed by atoms with Gasteiger partial charge in [-0.05, 0) is 48.3 Å². The molecule has 2 fully saturated rings. The largest absolute Gasteiger partial charge is 0.497 e. The van der Waals surface area contributed by atoms with Crippen molar-refractivity contribution in [2.45, 2.75) is 52.1 Å². The van der Waals surface area contributed by atoms with Crippen molar-refractivity contribution < 1.29 is 14.6 Å². The van der Waals surface area contributed by atoms with Crippen LogP contribution in [0.3, 0.4) is 0 Å². The second-order valence-corrected chi connectivity index (χ2v) is 7.92. The number of rotatable bonds is 4. The molecule has 1 aromatic carbocycles. The Morgan fingerprint density at radius 2 is 1.68 bits per heavy atom. The summed E-state index contributed by atoms with van der Waals surface area (Å²) in [5, 5.41) is 11.5. The van der Waals surface area contributed by atoms with Crippen LogP contribution in [0.15, 0.2) is 18.2 Å². The molecule has 0 radical (unpaired) electrons. The number of ether oxygens (including phenoxy) is 2. The molecule has 0 amide bonds. The monoisotopic (exact) mass is 304 g/mol. The maximum Gasteiger partial charge on any atom is 0.122 e. The molecule has 2 bridgehead atoms. The van der Waals surface area contributed by atoms with E-state index in [-0.39, 0.29) is 10.8 Å². The van der Waals surface area contributed by atoms with Gasteiger partial charge >= 0.3 is 0 Å². The van der Waals surface area contributed by atoms with Gasteiger partial charge in [-0.15, -0.1) is 0 Å². The molecule has 2 aliphatic carbocycles. The van der Waals surface area contributed by atoms with Gasteiger partial charge in [0.1, 0.15) is 11.5 Å². The maximum absolute atomic E-state index is 11.5. The lowest BCUT2D eigenvalue weighted by Crippen LogP contribution is -2.48. The molecular weight excluding hydrogens is 276 g/mol. The van der Waals surface area contributed by atoms with Crippen LogP contribution in [0, 0.1) is 16.7 Å². The fraction of sp³-hybridized carbons (Fsp3) is 0.684. The van der Waals surface area contributed by atoms with Gasteiger partial charge < -0.3 is 14.6 Å². The number of aliphatic hydroxyl groups is 1. The number of benzene rings is 1. The van der Waals surface area contributed by atoms with E-state index < -0.39 is 5.60 Å². The zero-order valence-corrected chi connectivity index (χ0v) is 14.4. The highest BCUT2D eigenvalue weighted by atomic mass is 16.5.